The summed E-state index contributed by atoms with van der Waals surface area (Å²) in [5.41, 5.74) is 2.00. The molecule has 32 heavy (non-hydrogen) atoms. The summed E-state index contributed by atoms with van der Waals surface area (Å²) >= 11 is 7.04. The van der Waals surface area contributed by atoms with E-state index >= 15 is 0 Å². The number of halogens is 2. The van der Waals surface area contributed by atoms with Crippen LogP contribution in [0.3, 0.4) is 0 Å². The Morgan fingerprint density at radius 2 is 1.59 bits per heavy atom. The lowest BCUT2D eigenvalue weighted by molar-refractivity contribution is 0.102. The zero-order chi connectivity index (χ0) is 22.7. The van der Waals surface area contributed by atoms with E-state index in [1.807, 2.05) is 0 Å². The number of sulfonamides is 1. The first-order valence-electron chi connectivity index (χ1n) is 9.21. The van der Waals surface area contributed by atoms with Gasteiger partial charge in [-0.05, 0) is 72.8 Å². The molecule has 0 atom stereocenters. The van der Waals surface area contributed by atoms with Crippen molar-refractivity contribution in [2.24, 2.45) is 0 Å². The van der Waals surface area contributed by atoms with Crippen LogP contribution in [0.15, 0.2) is 83.1 Å². The fourth-order valence-corrected chi connectivity index (χ4v) is 4.67. The Kier molecular flexibility index (Phi) is 6.22. The predicted octanol–water partition coefficient (Wildman–Crippen LogP) is 5.66. The third-order valence-corrected chi connectivity index (χ3v) is 6.79. The zero-order valence-electron chi connectivity index (χ0n) is 16.2. The van der Waals surface area contributed by atoms with Gasteiger partial charge in [0.05, 0.1) is 10.6 Å². The molecular weight excluding hydrogens is 473 g/mol. The monoisotopic (exact) mass is 487 g/mol. The number of hydrogen-bond acceptors (Lipinski definition) is 5. The van der Waals surface area contributed by atoms with Gasteiger partial charge in [0, 0.05) is 27.2 Å². The van der Waals surface area contributed by atoms with Crippen LogP contribution in [-0.2, 0) is 10.0 Å². The largest absolute Gasteiger partial charge is 0.298 e. The van der Waals surface area contributed by atoms with Gasteiger partial charge in [-0.2, -0.15) is 0 Å². The molecule has 10 heteroatoms. The van der Waals surface area contributed by atoms with Gasteiger partial charge in [-0.3, -0.25) is 14.8 Å². The van der Waals surface area contributed by atoms with Gasteiger partial charge >= 0.3 is 0 Å². The van der Waals surface area contributed by atoms with Crippen molar-refractivity contribution in [1.82, 2.24) is 4.98 Å². The van der Waals surface area contributed by atoms with Crippen LogP contribution in [0.5, 0.6) is 0 Å². The maximum absolute atomic E-state index is 13.1. The molecule has 0 aliphatic heterocycles. The van der Waals surface area contributed by atoms with Crippen LogP contribution in [-0.4, -0.2) is 19.3 Å². The molecule has 1 heterocycles. The summed E-state index contributed by atoms with van der Waals surface area (Å²) < 4.78 is 40.4. The number of carbonyl (C=O) groups excluding carboxylic acids is 1. The van der Waals surface area contributed by atoms with E-state index in [1.54, 1.807) is 17.5 Å². The molecular formula is C22H15ClFN3O3S2. The SMILES string of the molecule is O=C(Nc1nc(-c2ccc(F)cc2)cs1)c1ccc(NS(=O)(=O)c2ccc(Cl)cc2)cc1. The predicted molar refractivity (Wildman–Crippen MR) is 124 cm³/mol. The van der Waals surface area contributed by atoms with Gasteiger partial charge in [0.1, 0.15) is 5.82 Å². The van der Waals surface area contributed by atoms with Crippen molar-refractivity contribution in [3.63, 3.8) is 0 Å². The summed E-state index contributed by atoms with van der Waals surface area (Å²) in [6.45, 7) is 0. The second-order valence-electron chi connectivity index (χ2n) is 6.64. The van der Waals surface area contributed by atoms with E-state index in [4.69, 9.17) is 11.6 Å². The first-order valence-corrected chi connectivity index (χ1v) is 12.0. The number of thiazole rings is 1. The van der Waals surface area contributed by atoms with Gasteiger partial charge in [0.25, 0.3) is 15.9 Å². The average molecular weight is 488 g/mol. The molecule has 0 unspecified atom stereocenters. The third-order valence-electron chi connectivity index (χ3n) is 4.39. The highest BCUT2D eigenvalue weighted by atomic mass is 35.5. The zero-order valence-corrected chi connectivity index (χ0v) is 18.6. The van der Waals surface area contributed by atoms with Gasteiger partial charge in [-0.1, -0.05) is 11.6 Å². The van der Waals surface area contributed by atoms with E-state index in [0.717, 1.165) is 5.56 Å². The van der Waals surface area contributed by atoms with Crippen molar-refractivity contribution in [2.45, 2.75) is 4.90 Å². The first kappa shape index (κ1) is 21.9. The number of amides is 1. The minimum atomic E-state index is -3.78. The summed E-state index contributed by atoms with van der Waals surface area (Å²) in [5.74, 6) is -0.728. The van der Waals surface area contributed by atoms with Crippen LogP contribution in [0, 0.1) is 5.82 Å². The summed E-state index contributed by atoms with van der Waals surface area (Å²) in [5, 5.41) is 5.29. The van der Waals surface area contributed by atoms with E-state index in [9.17, 15) is 17.6 Å². The van der Waals surface area contributed by atoms with E-state index in [2.05, 4.69) is 15.0 Å². The molecule has 0 aliphatic rings. The number of hydrogen-bond donors (Lipinski definition) is 2. The maximum atomic E-state index is 13.1. The van der Waals surface area contributed by atoms with E-state index < -0.39 is 15.9 Å². The summed E-state index contributed by atoms with van der Waals surface area (Å²) in [7, 11) is -3.78. The van der Waals surface area contributed by atoms with Crippen molar-refractivity contribution in [3.05, 3.63) is 94.6 Å². The standard InChI is InChI=1S/C22H15ClFN3O3S2/c23-16-5-11-19(12-6-16)32(29,30)27-18-9-3-15(4-10-18)21(28)26-22-25-20(13-31-22)14-1-7-17(24)8-2-14/h1-13,27H,(H,25,26,28). The Morgan fingerprint density at radius 3 is 2.25 bits per heavy atom. The lowest BCUT2D eigenvalue weighted by atomic mass is 10.2. The molecule has 0 saturated heterocycles. The van der Waals surface area contributed by atoms with Gasteiger partial charge in [0.15, 0.2) is 5.13 Å². The molecule has 0 radical (unpaired) electrons. The molecule has 6 nitrogen and oxygen atoms in total. The number of aromatic nitrogens is 1. The smallest absolute Gasteiger partial charge is 0.261 e. The van der Waals surface area contributed by atoms with E-state index in [-0.39, 0.29) is 10.7 Å². The number of carbonyl (C=O) groups is 1. The molecule has 0 spiro atoms. The molecule has 4 rings (SSSR count). The Morgan fingerprint density at radius 1 is 0.938 bits per heavy atom. The molecule has 0 bridgehead atoms. The number of anilines is 2. The van der Waals surface area contributed by atoms with Crippen LogP contribution in [0.25, 0.3) is 11.3 Å². The molecule has 1 aromatic heterocycles. The Balaban J connectivity index is 1.42. The third kappa shape index (κ3) is 5.13. The fourth-order valence-electron chi connectivity index (χ4n) is 2.77. The summed E-state index contributed by atoms with van der Waals surface area (Å²) in [6, 6.07) is 17.7. The van der Waals surface area contributed by atoms with Gasteiger partial charge in [-0.15, -0.1) is 11.3 Å². The van der Waals surface area contributed by atoms with E-state index in [0.29, 0.717) is 27.1 Å². The van der Waals surface area contributed by atoms with Gasteiger partial charge in [0.2, 0.25) is 0 Å². The van der Waals surface area contributed by atoms with Crippen molar-refractivity contribution in [1.29, 1.82) is 0 Å². The lowest BCUT2D eigenvalue weighted by Gasteiger charge is -2.09. The first-order chi connectivity index (χ1) is 15.3. The van der Waals surface area contributed by atoms with Crippen molar-refractivity contribution in [3.8, 4) is 11.3 Å². The minimum Gasteiger partial charge on any atom is -0.298 e. The van der Waals surface area contributed by atoms with Crippen molar-refractivity contribution < 1.29 is 17.6 Å². The van der Waals surface area contributed by atoms with Gasteiger partial charge in [-0.25, -0.2) is 17.8 Å². The van der Waals surface area contributed by atoms with Gasteiger partial charge < -0.3 is 0 Å². The fraction of sp³-hybridized carbons (Fsp3) is 0. The Hall–Kier alpha value is -3.27. The lowest BCUT2D eigenvalue weighted by Crippen LogP contribution is -2.14. The number of benzene rings is 3. The normalized spacial score (nSPS) is 11.2. The summed E-state index contributed by atoms with van der Waals surface area (Å²) in [6.07, 6.45) is 0. The van der Waals surface area contributed by atoms with Crippen LogP contribution in [0.4, 0.5) is 15.2 Å². The molecule has 0 saturated carbocycles. The molecule has 0 fully saturated rings. The Bertz CT molecular complexity index is 1360. The highest BCUT2D eigenvalue weighted by Gasteiger charge is 2.15. The van der Waals surface area contributed by atoms with Crippen LogP contribution in [0.2, 0.25) is 5.02 Å². The van der Waals surface area contributed by atoms with Crippen LogP contribution >= 0.6 is 22.9 Å². The number of nitrogens with one attached hydrogen (secondary N) is 2. The van der Waals surface area contributed by atoms with E-state index in [1.165, 1.54) is 72.0 Å². The topological polar surface area (TPSA) is 88.2 Å². The molecule has 0 aliphatic carbocycles. The van der Waals surface area contributed by atoms with Crippen molar-refractivity contribution in [2.75, 3.05) is 10.0 Å². The number of nitrogens with zero attached hydrogens (tertiary/aromatic N) is 1. The quantitative estimate of drug-likeness (QED) is 0.367. The molecule has 162 valence electrons. The maximum Gasteiger partial charge on any atom is 0.261 e. The van der Waals surface area contributed by atoms with Crippen LogP contribution < -0.4 is 10.0 Å². The number of rotatable bonds is 6. The second kappa shape index (κ2) is 9.07. The molecule has 2 N–H and O–H groups in total. The summed E-state index contributed by atoms with van der Waals surface area (Å²) in [4.78, 5) is 16.9. The highest BCUT2D eigenvalue weighted by molar-refractivity contribution is 7.92. The minimum absolute atomic E-state index is 0.0736. The highest BCUT2D eigenvalue weighted by Crippen LogP contribution is 2.26. The average Bonchev–Trinajstić information content (AvgIpc) is 3.23. The molecule has 1 amide bonds. The molecule has 4 aromatic rings. The molecule has 3 aromatic carbocycles. The van der Waals surface area contributed by atoms with Crippen LogP contribution in [0.1, 0.15) is 10.4 Å². The Labute approximate surface area is 192 Å². The second-order valence-corrected chi connectivity index (χ2v) is 9.61. The van der Waals surface area contributed by atoms with Crippen molar-refractivity contribution >= 4 is 49.7 Å².